The highest BCUT2D eigenvalue weighted by Gasteiger charge is 2.42. The van der Waals surface area contributed by atoms with Gasteiger partial charge in [-0.25, -0.2) is 0 Å². The molecule has 3 aliphatic rings. The Balaban J connectivity index is 1.60. The van der Waals surface area contributed by atoms with Crippen molar-refractivity contribution in [3.05, 3.63) is 47.2 Å². The van der Waals surface area contributed by atoms with Crippen LogP contribution in [-0.2, 0) is 20.4 Å². The van der Waals surface area contributed by atoms with Crippen LogP contribution in [0.2, 0.25) is 0 Å². The topological polar surface area (TPSA) is 67.8 Å². The Hall–Kier alpha value is -2.06. The number of benzene rings is 1. The fourth-order valence-electron chi connectivity index (χ4n) is 5.70. The molecule has 4 rings (SSSR count). The third-order valence-electron chi connectivity index (χ3n) is 7.31. The molecule has 0 spiro atoms. The van der Waals surface area contributed by atoms with Gasteiger partial charge in [-0.05, 0) is 74.6 Å². The Morgan fingerprint density at radius 1 is 1.21 bits per heavy atom. The van der Waals surface area contributed by atoms with Gasteiger partial charge in [0.1, 0.15) is 0 Å². The number of halogens is 3. The highest BCUT2D eigenvalue weighted by atomic mass is 19.4. The molecule has 2 saturated carbocycles. The lowest BCUT2D eigenvalue weighted by atomic mass is 9.80. The normalized spacial score (nSPS) is 31.2. The number of aliphatic hydroxyl groups excluding tert-OH is 1. The van der Waals surface area contributed by atoms with E-state index in [0.717, 1.165) is 31.4 Å². The number of alkyl halides is 3. The summed E-state index contributed by atoms with van der Waals surface area (Å²) < 4.78 is 51.0. The first kappa shape index (κ1) is 24.1. The highest BCUT2D eigenvalue weighted by Crippen LogP contribution is 2.45. The number of allylic oxidation sites excluding steroid dienone is 1. The lowest BCUT2D eigenvalue weighted by Crippen LogP contribution is -2.43. The predicted molar refractivity (Wildman–Crippen MR) is 116 cm³/mol. The van der Waals surface area contributed by atoms with Gasteiger partial charge in [0, 0.05) is 31.1 Å². The standard InChI is InChI=1S/C25H32F3NO4/c1-2-32-24-19(4-3-11-30)20(16-7-9-18(10-8-16)25(26,27)28)14-22(33-24)23(31)29-21-13-15-5-6-17(21)12-15/h7-10,14-15,17,19-21,24,30H,2-6,11-13H2,1H3,(H,29,31)/t15?,17?,19-,20-,21?,24-/m0/s1. The molecule has 0 radical (unpaired) electrons. The molecule has 1 amide bonds. The minimum Gasteiger partial charge on any atom is -0.459 e. The third-order valence-corrected chi connectivity index (χ3v) is 7.31. The molecule has 6 atom stereocenters. The van der Waals surface area contributed by atoms with Crippen molar-refractivity contribution in [2.24, 2.45) is 17.8 Å². The van der Waals surface area contributed by atoms with Gasteiger partial charge in [0.25, 0.3) is 5.91 Å². The fourth-order valence-corrected chi connectivity index (χ4v) is 5.70. The number of hydrogen-bond acceptors (Lipinski definition) is 4. The predicted octanol–water partition coefficient (Wildman–Crippen LogP) is 4.76. The number of hydrogen-bond donors (Lipinski definition) is 2. The van der Waals surface area contributed by atoms with Crippen LogP contribution in [0.1, 0.15) is 62.5 Å². The molecular formula is C25H32F3NO4. The van der Waals surface area contributed by atoms with Crippen LogP contribution < -0.4 is 5.32 Å². The number of fused-ring (bicyclic) bond motifs is 2. The quantitative estimate of drug-likeness (QED) is 0.579. The van der Waals surface area contributed by atoms with E-state index in [2.05, 4.69) is 5.32 Å². The average Bonchev–Trinajstić information content (AvgIpc) is 3.41. The van der Waals surface area contributed by atoms with Gasteiger partial charge in [0.05, 0.1) is 5.56 Å². The van der Waals surface area contributed by atoms with Crippen molar-refractivity contribution < 1.29 is 32.5 Å². The van der Waals surface area contributed by atoms with Gasteiger partial charge < -0.3 is 19.9 Å². The molecule has 1 aliphatic heterocycles. The van der Waals surface area contributed by atoms with Gasteiger partial charge in [-0.3, -0.25) is 4.79 Å². The van der Waals surface area contributed by atoms with E-state index in [4.69, 9.17) is 9.47 Å². The maximum Gasteiger partial charge on any atom is 0.416 e. The zero-order chi connectivity index (χ0) is 23.6. The van der Waals surface area contributed by atoms with Gasteiger partial charge in [0.2, 0.25) is 6.29 Å². The monoisotopic (exact) mass is 467 g/mol. The maximum absolute atomic E-state index is 13.1. The third kappa shape index (κ3) is 5.38. The van der Waals surface area contributed by atoms with Gasteiger partial charge in [0.15, 0.2) is 5.76 Å². The number of nitrogens with one attached hydrogen (secondary N) is 1. The zero-order valence-corrected chi connectivity index (χ0v) is 18.8. The molecule has 33 heavy (non-hydrogen) atoms. The van der Waals surface area contributed by atoms with Crippen LogP contribution in [-0.4, -0.2) is 36.6 Å². The van der Waals surface area contributed by atoms with Gasteiger partial charge >= 0.3 is 6.18 Å². The molecule has 1 aromatic rings. The number of ether oxygens (including phenoxy) is 2. The van der Waals surface area contributed by atoms with Crippen molar-refractivity contribution >= 4 is 5.91 Å². The SMILES string of the molecule is CCO[C@H]1OC(C(=O)NC2CC3CCC2C3)=C[C@@H](c2ccc(C(F)(F)F)cc2)[C@@H]1CCCO. The first-order chi connectivity index (χ1) is 15.8. The van der Waals surface area contributed by atoms with Crippen LogP contribution >= 0.6 is 0 Å². The molecule has 182 valence electrons. The number of carbonyl (C=O) groups is 1. The summed E-state index contributed by atoms with van der Waals surface area (Å²) in [5, 5.41) is 12.5. The highest BCUT2D eigenvalue weighted by molar-refractivity contribution is 5.92. The van der Waals surface area contributed by atoms with Crippen molar-refractivity contribution in [1.29, 1.82) is 0 Å². The lowest BCUT2D eigenvalue weighted by Gasteiger charge is -2.37. The summed E-state index contributed by atoms with van der Waals surface area (Å²) in [7, 11) is 0. The molecule has 2 fully saturated rings. The average molecular weight is 468 g/mol. The van der Waals surface area contributed by atoms with E-state index in [-0.39, 0.29) is 36.2 Å². The van der Waals surface area contributed by atoms with Crippen molar-refractivity contribution in [3.63, 3.8) is 0 Å². The van der Waals surface area contributed by atoms with Gasteiger partial charge in [-0.1, -0.05) is 18.6 Å². The second kappa shape index (κ2) is 10.1. The fraction of sp³-hybridized carbons (Fsp3) is 0.640. The number of carbonyl (C=O) groups excluding carboxylic acids is 1. The second-order valence-electron chi connectivity index (χ2n) is 9.40. The number of rotatable bonds is 8. The minimum absolute atomic E-state index is 0.0175. The minimum atomic E-state index is -4.42. The molecule has 3 unspecified atom stereocenters. The summed E-state index contributed by atoms with van der Waals surface area (Å²) in [6.45, 7) is 2.17. The Kier molecular flexibility index (Phi) is 7.34. The van der Waals surface area contributed by atoms with E-state index in [0.29, 0.717) is 36.8 Å². The molecule has 0 aromatic heterocycles. The van der Waals surface area contributed by atoms with Crippen LogP contribution in [0.3, 0.4) is 0 Å². The summed E-state index contributed by atoms with van der Waals surface area (Å²) in [5.41, 5.74) is -0.0611. The summed E-state index contributed by atoms with van der Waals surface area (Å²) in [5.74, 6) is 0.434. The molecule has 0 saturated heterocycles. The van der Waals surface area contributed by atoms with Crippen molar-refractivity contribution in [1.82, 2.24) is 5.32 Å². The zero-order valence-electron chi connectivity index (χ0n) is 18.8. The summed E-state index contributed by atoms with van der Waals surface area (Å²) in [6, 6.07) is 5.17. The molecular weight excluding hydrogens is 435 g/mol. The summed E-state index contributed by atoms with van der Waals surface area (Å²) in [6.07, 6.45) is 2.12. The largest absolute Gasteiger partial charge is 0.459 e. The van der Waals surface area contributed by atoms with E-state index in [1.165, 1.54) is 18.6 Å². The Bertz CT molecular complexity index is 854. The first-order valence-corrected chi connectivity index (χ1v) is 11.9. The Morgan fingerprint density at radius 2 is 1.97 bits per heavy atom. The maximum atomic E-state index is 13.1. The van der Waals surface area contributed by atoms with Crippen molar-refractivity contribution in [2.45, 2.75) is 69.9 Å². The van der Waals surface area contributed by atoms with Gasteiger partial charge in [-0.2, -0.15) is 13.2 Å². The molecule has 1 aromatic carbocycles. The van der Waals surface area contributed by atoms with E-state index < -0.39 is 18.0 Å². The number of amides is 1. The van der Waals surface area contributed by atoms with E-state index in [1.54, 1.807) is 6.08 Å². The van der Waals surface area contributed by atoms with Crippen LogP contribution in [0, 0.1) is 17.8 Å². The van der Waals surface area contributed by atoms with Gasteiger partial charge in [-0.15, -0.1) is 0 Å². The molecule has 8 heteroatoms. The molecule has 5 nitrogen and oxygen atoms in total. The smallest absolute Gasteiger partial charge is 0.416 e. The molecule has 2 aliphatic carbocycles. The molecule has 2 bridgehead atoms. The molecule has 1 heterocycles. The van der Waals surface area contributed by atoms with E-state index >= 15 is 0 Å². The number of aliphatic hydroxyl groups is 1. The van der Waals surface area contributed by atoms with Crippen LogP contribution in [0.25, 0.3) is 0 Å². The van der Waals surface area contributed by atoms with E-state index in [1.807, 2.05) is 6.92 Å². The van der Waals surface area contributed by atoms with Crippen molar-refractivity contribution in [2.75, 3.05) is 13.2 Å². The molecule has 2 N–H and O–H groups in total. The van der Waals surface area contributed by atoms with E-state index in [9.17, 15) is 23.1 Å². The Morgan fingerprint density at radius 3 is 2.55 bits per heavy atom. The lowest BCUT2D eigenvalue weighted by molar-refractivity contribution is -0.167. The summed E-state index contributed by atoms with van der Waals surface area (Å²) in [4.78, 5) is 13.1. The second-order valence-corrected chi connectivity index (χ2v) is 9.40. The van der Waals surface area contributed by atoms with Crippen LogP contribution in [0.15, 0.2) is 36.1 Å². The van der Waals surface area contributed by atoms with Crippen LogP contribution in [0.5, 0.6) is 0 Å². The van der Waals surface area contributed by atoms with Crippen molar-refractivity contribution in [3.8, 4) is 0 Å². The first-order valence-electron chi connectivity index (χ1n) is 11.9. The Labute approximate surface area is 192 Å². The summed E-state index contributed by atoms with van der Waals surface area (Å²) >= 11 is 0. The van der Waals surface area contributed by atoms with Crippen LogP contribution in [0.4, 0.5) is 13.2 Å².